The fourth-order valence-electron chi connectivity index (χ4n) is 1.87. The zero-order chi connectivity index (χ0) is 13.1. The molecular formula is C13H15N3O3. The van der Waals surface area contributed by atoms with E-state index in [1.54, 1.807) is 0 Å². The number of hydrogen-bond acceptors (Lipinski definition) is 6. The van der Waals surface area contributed by atoms with E-state index < -0.39 is 0 Å². The summed E-state index contributed by atoms with van der Waals surface area (Å²) in [6.07, 6.45) is 0.728. The molecule has 0 radical (unpaired) electrons. The van der Waals surface area contributed by atoms with Crippen molar-refractivity contribution in [3.63, 3.8) is 0 Å². The molecule has 0 bridgehead atoms. The van der Waals surface area contributed by atoms with Gasteiger partial charge in [-0.05, 0) is 24.7 Å². The summed E-state index contributed by atoms with van der Waals surface area (Å²) in [7, 11) is 0. The Bertz CT molecular complexity index is 568. The third-order valence-corrected chi connectivity index (χ3v) is 2.85. The number of rotatable bonds is 5. The predicted octanol–water partition coefficient (Wildman–Crippen LogP) is 1.62. The van der Waals surface area contributed by atoms with Gasteiger partial charge in [-0.2, -0.15) is 0 Å². The second-order valence-electron chi connectivity index (χ2n) is 4.17. The third kappa shape index (κ3) is 2.53. The van der Waals surface area contributed by atoms with Crippen LogP contribution in [0, 0.1) is 0 Å². The average molecular weight is 261 g/mol. The largest absolute Gasteiger partial charge is 0.454 e. The number of nitrogens with one attached hydrogen (secondary N) is 1. The van der Waals surface area contributed by atoms with Crippen LogP contribution in [0.3, 0.4) is 0 Å². The highest BCUT2D eigenvalue weighted by molar-refractivity contribution is 5.60. The summed E-state index contributed by atoms with van der Waals surface area (Å²) in [5.41, 5.74) is 0.839. The Kier molecular flexibility index (Phi) is 3.33. The molecule has 6 heteroatoms. The van der Waals surface area contributed by atoms with Gasteiger partial charge in [-0.15, -0.1) is 10.2 Å². The van der Waals surface area contributed by atoms with Crippen molar-refractivity contribution in [3.8, 4) is 23.0 Å². The Morgan fingerprint density at radius 3 is 3.00 bits per heavy atom. The molecule has 0 aliphatic carbocycles. The standard InChI is InChI=1S/C13H15N3O3/c1-2-14-6-5-12-15-16-13(19-12)9-3-4-10-11(7-9)18-8-17-10/h3-4,7,14H,2,5-6,8H2,1H3. The van der Waals surface area contributed by atoms with Crippen LogP contribution in [-0.2, 0) is 6.42 Å². The number of aromatic nitrogens is 2. The van der Waals surface area contributed by atoms with Gasteiger partial charge < -0.3 is 19.2 Å². The molecule has 6 nitrogen and oxygen atoms in total. The minimum atomic E-state index is 0.260. The van der Waals surface area contributed by atoms with Crippen molar-refractivity contribution in [1.29, 1.82) is 0 Å². The Hall–Kier alpha value is -2.08. The van der Waals surface area contributed by atoms with E-state index in [0.717, 1.165) is 30.8 Å². The van der Waals surface area contributed by atoms with Crippen molar-refractivity contribution >= 4 is 0 Å². The molecule has 19 heavy (non-hydrogen) atoms. The van der Waals surface area contributed by atoms with Crippen LogP contribution in [0.2, 0.25) is 0 Å². The van der Waals surface area contributed by atoms with Crippen LogP contribution >= 0.6 is 0 Å². The molecule has 2 aromatic rings. The zero-order valence-electron chi connectivity index (χ0n) is 10.7. The maximum atomic E-state index is 5.62. The topological polar surface area (TPSA) is 69.4 Å². The smallest absolute Gasteiger partial charge is 0.247 e. The lowest BCUT2D eigenvalue weighted by atomic mass is 10.2. The fourth-order valence-corrected chi connectivity index (χ4v) is 1.87. The number of hydrogen-bond donors (Lipinski definition) is 1. The second-order valence-corrected chi connectivity index (χ2v) is 4.17. The van der Waals surface area contributed by atoms with E-state index >= 15 is 0 Å². The maximum Gasteiger partial charge on any atom is 0.247 e. The van der Waals surface area contributed by atoms with Crippen LogP contribution in [-0.4, -0.2) is 30.1 Å². The molecular weight excluding hydrogens is 246 g/mol. The van der Waals surface area contributed by atoms with E-state index in [4.69, 9.17) is 13.9 Å². The minimum Gasteiger partial charge on any atom is -0.454 e. The second kappa shape index (κ2) is 5.27. The first-order chi connectivity index (χ1) is 9.36. The summed E-state index contributed by atoms with van der Waals surface area (Å²) < 4.78 is 16.2. The Morgan fingerprint density at radius 2 is 2.11 bits per heavy atom. The van der Waals surface area contributed by atoms with Crippen molar-refractivity contribution in [2.45, 2.75) is 13.3 Å². The van der Waals surface area contributed by atoms with Crippen LogP contribution in [0.5, 0.6) is 11.5 Å². The highest BCUT2D eigenvalue weighted by Crippen LogP contribution is 2.35. The molecule has 1 aromatic heterocycles. The van der Waals surface area contributed by atoms with E-state index in [0.29, 0.717) is 17.5 Å². The SMILES string of the molecule is CCNCCc1nnc(-c2ccc3c(c2)OCO3)o1. The summed E-state index contributed by atoms with van der Waals surface area (Å²) in [5.74, 6) is 2.60. The summed E-state index contributed by atoms with van der Waals surface area (Å²) >= 11 is 0. The van der Waals surface area contributed by atoms with Gasteiger partial charge in [0.15, 0.2) is 11.5 Å². The van der Waals surface area contributed by atoms with Gasteiger partial charge in [-0.25, -0.2) is 0 Å². The van der Waals surface area contributed by atoms with Crippen molar-refractivity contribution in [1.82, 2.24) is 15.5 Å². The lowest BCUT2D eigenvalue weighted by molar-refractivity contribution is 0.174. The molecule has 1 N–H and O–H groups in total. The van der Waals surface area contributed by atoms with Gasteiger partial charge in [0.1, 0.15) is 0 Å². The Labute approximate surface area is 110 Å². The zero-order valence-corrected chi connectivity index (χ0v) is 10.7. The molecule has 2 heterocycles. The lowest BCUT2D eigenvalue weighted by Gasteiger charge is -1.98. The van der Waals surface area contributed by atoms with Crippen molar-refractivity contribution in [2.24, 2.45) is 0 Å². The number of nitrogens with zero attached hydrogens (tertiary/aromatic N) is 2. The molecule has 3 rings (SSSR count). The number of ether oxygens (including phenoxy) is 2. The van der Waals surface area contributed by atoms with E-state index in [-0.39, 0.29) is 6.79 Å². The van der Waals surface area contributed by atoms with Gasteiger partial charge in [0.05, 0.1) is 0 Å². The van der Waals surface area contributed by atoms with Crippen LogP contribution in [0.4, 0.5) is 0 Å². The Morgan fingerprint density at radius 1 is 1.21 bits per heavy atom. The van der Waals surface area contributed by atoms with Gasteiger partial charge in [0, 0.05) is 18.5 Å². The molecule has 0 amide bonds. The first-order valence-corrected chi connectivity index (χ1v) is 6.30. The van der Waals surface area contributed by atoms with Crippen LogP contribution in [0.25, 0.3) is 11.5 Å². The number of likely N-dealkylation sites (N-methyl/N-ethyl adjacent to an activating group) is 1. The molecule has 1 aliphatic heterocycles. The third-order valence-electron chi connectivity index (χ3n) is 2.85. The molecule has 0 atom stereocenters. The number of benzene rings is 1. The van der Waals surface area contributed by atoms with Crippen LogP contribution in [0.15, 0.2) is 22.6 Å². The summed E-state index contributed by atoms with van der Waals surface area (Å²) in [6.45, 7) is 4.09. The molecule has 0 saturated carbocycles. The van der Waals surface area contributed by atoms with E-state index in [9.17, 15) is 0 Å². The molecule has 0 saturated heterocycles. The molecule has 1 aromatic carbocycles. The highest BCUT2D eigenvalue weighted by atomic mass is 16.7. The maximum absolute atomic E-state index is 5.62. The monoisotopic (exact) mass is 261 g/mol. The molecule has 0 unspecified atom stereocenters. The molecule has 100 valence electrons. The normalized spacial score (nSPS) is 12.9. The summed E-state index contributed by atoms with van der Waals surface area (Å²) in [4.78, 5) is 0. The first kappa shape index (κ1) is 12.0. The fraction of sp³-hybridized carbons (Fsp3) is 0.385. The average Bonchev–Trinajstić information content (AvgIpc) is 3.06. The predicted molar refractivity (Wildman–Crippen MR) is 68.1 cm³/mol. The van der Waals surface area contributed by atoms with E-state index in [2.05, 4.69) is 22.4 Å². The first-order valence-electron chi connectivity index (χ1n) is 6.30. The van der Waals surface area contributed by atoms with Gasteiger partial charge in [0.25, 0.3) is 0 Å². The van der Waals surface area contributed by atoms with Crippen LogP contribution < -0.4 is 14.8 Å². The Balaban J connectivity index is 1.75. The van der Waals surface area contributed by atoms with Gasteiger partial charge in [-0.3, -0.25) is 0 Å². The van der Waals surface area contributed by atoms with Gasteiger partial charge in [-0.1, -0.05) is 6.92 Å². The lowest BCUT2D eigenvalue weighted by Crippen LogP contribution is -2.16. The van der Waals surface area contributed by atoms with Gasteiger partial charge >= 0.3 is 0 Å². The highest BCUT2D eigenvalue weighted by Gasteiger charge is 2.16. The van der Waals surface area contributed by atoms with Crippen molar-refractivity contribution < 1.29 is 13.9 Å². The minimum absolute atomic E-state index is 0.260. The molecule has 0 spiro atoms. The molecule has 0 fully saturated rings. The van der Waals surface area contributed by atoms with Crippen molar-refractivity contribution in [2.75, 3.05) is 19.9 Å². The molecule has 1 aliphatic rings. The van der Waals surface area contributed by atoms with E-state index in [1.165, 1.54) is 0 Å². The van der Waals surface area contributed by atoms with Gasteiger partial charge in [0.2, 0.25) is 18.6 Å². The number of fused-ring (bicyclic) bond motifs is 1. The van der Waals surface area contributed by atoms with Crippen molar-refractivity contribution in [3.05, 3.63) is 24.1 Å². The summed E-state index contributed by atoms with van der Waals surface area (Å²) in [5, 5.41) is 11.3. The van der Waals surface area contributed by atoms with Crippen LogP contribution in [0.1, 0.15) is 12.8 Å². The summed E-state index contributed by atoms with van der Waals surface area (Å²) in [6, 6.07) is 5.58. The quantitative estimate of drug-likeness (QED) is 0.825. The van der Waals surface area contributed by atoms with E-state index in [1.807, 2.05) is 18.2 Å².